The van der Waals surface area contributed by atoms with E-state index in [1.165, 1.54) is 47.4 Å². The molecule has 13 heteroatoms. The highest BCUT2D eigenvalue weighted by Crippen LogP contribution is 2.27. The van der Waals surface area contributed by atoms with Gasteiger partial charge in [0.1, 0.15) is 10.0 Å². The first kappa shape index (κ1) is 20.6. The molecule has 0 radical (unpaired) electrons. The third kappa shape index (κ3) is 5.25. The Balaban J connectivity index is 1.62. The summed E-state index contributed by atoms with van der Waals surface area (Å²) in [5.74, 6) is -0.212. The average Bonchev–Trinajstić information content (AvgIpc) is 3.22. The molecule has 3 rings (SSSR count). The first-order valence-electron chi connectivity index (χ1n) is 7.93. The first-order valence-corrected chi connectivity index (χ1v) is 11.9. The number of carbonyl (C=O) groups is 1. The van der Waals surface area contributed by atoms with E-state index in [-0.39, 0.29) is 21.2 Å². The summed E-state index contributed by atoms with van der Waals surface area (Å²) in [5.41, 5.74) is 0.497. The fourth-order valence-electron chi connectivity index (χ4n) is 2.00. The number of hydrogen-bond donors (Lipinski definition) is 2. The normalized spacial score (nSPS) is 12.5. The van der Waals surface area contributed by atoms with Gasteiger partial charge in [0.05, 0.1) is 10.1 Å². The summed E-state index contributed by atoms with van der Waals surface area (Å²) in [7, 11) is -3.77. The Morgan fingerprint density at radius 2 is 1.68 bits per heavy atom. The highest BCUT2D eigenvalue weighted by molar-refractivity contribution is 8.02. The number of aromatic nitrogens is 4. The molecular formula is C15H16N6O3S4. The van der Waals surface area contributed by atoms with Gasteiger partial charge in [-0.3, -0.25) is 9.52 Å². The van der Waals surface area contributed by atoms with Crippen molar-refractivity contribution in [3.63, 3.8) is 0 Å². The lowest BCUT2D eigenvalue weighted by atomic mass is 10.3. The van der Waals surface area contributed by atoms with Crippen LogP contribution in [0.5, 0.6) is 0 Å². The summed E-state index contributed by atoms with van der Waals surface area (Å²) in [6, 6.07) is 5.89. The van der Waals surface area contributed by atoms with Gasteiger partial charge in [-0.25, -0.2) is 8.42 Å². The van der Waals surface area contributed by atoms with Crippen molar-refractivity contribution in [2.75, 3.05) is 10.0 Å². The van der Waals surface area contributed by atoms with Crippen molar-refractivity contribution in [3.8, 4) is 0 Å². The fourth-order valence-corrected chi connectivity index (χ4v) is 5.79. The van der Waals surface area contributed by atoms with Crippen LogP contribution in [0, 0.1) is 13.8 Å². The number of sulfonamides is 1. The van der Waals surface area contributed by atoms with E-state index in [1.807, 2.05) is 6.92 Å². The van der Waals surface area contributed by atoms with Crippen molar-refractivity contribution < 1.29 is 13.2 Å². The third-order valence-corrected chi connectivity index (χ3v) is 7.60. The molecule has 148 valence electrons. The largest absolute Gasteiger partial charge is 0.325 e. The second kappa shape index (κ2) is 8.51. The van der Waals surface area contributed by atoms with Crippen LogP contribution >= 0.6 is 34.4 Å². The zero-order chi connectivity index (χ0) is 20.3. The van der Waals surface area contributed by atoms with Gasteiger partial charge in [0.15, 0.2) is 4.34 Å². The van der Waals surface area contributed by atoms with Crippen molar-refractivity contribution in [3.05, 3.63) is 34.3 Å². The molecule has 1 aromatic carbocycles. The SMILES string of the molecule is Cc1nnc(NS(=O)(=O)c2ccc(NC(=O)C(C)Sc3nnc(C)s3)cc2)s1. The lowest BCUT2D eigenvalue weighted by Gasteiger charge is -2.11. The van der Waals surface area contributed by atoms with Gasteiger partial charge in [0.2, 0.25) is 11.0 Å². The summed E-state index contributed by atoms with van der Waals surface area (Å²) in [4.78, 5) is 12.4. The van der Waals surface area contributed by atoms with Crippen LogP contribution in [0.2, 0.25) is 0 Å². The number of anilines is 2. The summed E-state index contributed by atoms with van der Waals surface area (Å²) in [6.07, 6.45) is 0. The Morgan fingerprint density at radius 3 is 2.25 bits per heavy atom. The van der Waals surface area contributed by atoms with E-state index in [4.69, 9.17) is 0 Å². The number of nitrogens with zero attached hydrogens (tertiary/aromatic N) is 4. The first-order chi connectivity index (χ1) is 13.2. The molecule has 2 aromatic heterocycles. The molecule has 0 aliphatic heterocycles. The molecule has 1 atom stereocenters. The van der Waals surface area contributed by atoms with Gasteiger partial charge in [-0.2, -0.15) is 0 Å². The van der Waals surface area contributed by atoms with Crippen LogP contribution in [-0.4, -0.2) is 40.0 Å². The van der Waals surface area contributed by atoms with Crippen LogP contribution < -0.4 is 10.0 Å². The van der Waals surface area contributed by atoms with E-state index < -0.39 is 10.0 Å². The molecule has 3 aromatic rings. The minimum Gasteiger partial charge on any atom is -0.325 e. The lowest BCUT2D eigenvalue weighted by Crippen LogP contribution is -2.22. The number of nitrogens with one attached hydrogen (secondary N) is 2. The molecule has 2 N–H and O–H groups in total. The van der Waals surface area contributed by atoms with Crippen LogP contribution in [0.15, 0.2) is 33.5 Å². The summed E-state index contributed by atoms with van der Waals surface area (Å²) >= 11 is 3.89. The second-order valence-corrected chi connectivity index (χ2v) is 11.2. The van der Waals surface area contributed by atoms with E-state index in [9.17, 15) is 13.2 Å². The van der Waals surface area contributed by atoms with Gasteiger partial charge in [0.25, 0.3) is 10.0 Å². The maximum absolute atomic E-state index is 12.4. The van der Waals surface area contributed by atoms with Crippen molar-refractivity contribution in [1.82, 2.24) is 20.4 Å². The van der Waals surface area contributed by atoms with E-state index >= 15 is 0 Å². The van der Waals surface area contributed by atoms with Crippen LogP contribution in [0.1, 0.15) is 16.9 Å². The molecule has 28 heavy (non-hydrogen) atoms. The minimum atomic E-state index is -3.77. The number of hydrogen-bond acceptors (Lipinski definition) is 10. The number of amides is 1. The average molecular weight is 457 g/mol. The van der Waals surface area contributed by atoms with Crippen molar-refractivity contribution in [2.24, 2.45) is 0 Å². The van der Waals surface area contributed by atoms with Gasteiger partial charge in [0, 0.05) is 5.69 Å². The predicted octanol–water partition coefficient (Wildman–Crippen LogP) is 2.93. The maximum atomic E-state index is 12.4. The smallest absolute Gasteiger partial charge is 0.263 e. The predicted molar refractivity (Wildman–Crippen MR) is 110 cm³/mol. The Labute approximate surface area is 174 Å². The zero-order valence-corrected chi connectivity index (χ0v) is 18.3. The molecule has 0 saturated heterocycles. The Kier molecular flexibility index (Phi) is 6.27. The van der Waals surface area contributed by atoms with Gasteiger partial charge in [-0.15, -0.1) is 20.4 Å². The number of thioether (sulfide) groups is 1. The van der Waals surface area contributed by atoms with Crippen LogP contribution in [-0.2, 0) is 14.8 Å². The van der Waals surface area contributed by atoms with E-state index in [1.54, 1.807) is 13.8 Å². The number of carbonyl (C=O) groups excluding carboxylic acids is 1. The Morgan fingerprint density at radius 1 is 1.04 bits per heavy atom. The molecule has 0 fully saturated rings. The topological polar surface area (TPSA) is 127 Å². The molecule has 0 saturated carbocycles. The number of benzene rings is 1. The fraction of sp³-hybridized carbons (Fsp3) is 0.267. The molecule has 0 spiro atoms. The lowest BCUT2D eigenvalue weighted by molar-refractivity contribution is -0.115. The molecule has 1 amide bonds. The zero-order valence-electron chi connectivity index (χ0n) is 15.0. The van der Waals surface area contributed by atoms with Crippen molar-refractivity contribution in [2.45, 2.75) is 35.3 Å². The van der Waals surface area contributed by atoms with Gasteiger partial charge >= 0.3 is 0 Å². The van der Waals surface area contributed by atoms with Gasteiger partial charge in [-0.05, 0) is 45.0 Å². The summed E-state index contributed by atoms with van der Waals surface area (Å²) < 4.78 is 27.9. The highest BCUT2D eigenvalue weighted by atomic mass is 32.2. The molecule has 9 nitrogen and oxygen atoms in total. The Hall–Kier alpha value is -2.09. The van der Waals surface area contributed by atoms with Crippen molar-refractivity contribution >= 4 is 61.2 Å². The van der Waals surface area contributed by atoms with Gasteiger partial charge in [-0.1, -0.05) is 34.4 Å². The standard InChI is InChI=1S/C15H16N6O3S4/c1-8(25-15-20-18-10(3)27-15)13(22)16-11-4-6-12(7-5-11)28(23,24)21-14-19-17-9(2)26-14/h4-8H,1-3H3,(H,16,22)(H,19,21). The number of aryl methyl sites for hydroxylation is 2. The maximum Gasteiger partial charge on any atom is 0.263 e. The molecular weight excluding hydrogens is 440 g/mol. The monoisotopic (exact) mass is 456 g/mol. The molecule has 2 heterocycles. The quantitative estimate of drug-likeness (QED) is 0.520. The molecule has 0 aliphatic rings. The van der Waals surface area contributed by atoms with Gasteiger partial charge < -0.3 is 5.32 Å². The third-order valence-electron chi connectivity index (χ3n) is 3.33. The van der Waals surface area contributed by atoms with E-state index in [0.29, 0.717) is 10.7 Å². The van der Waals surface area contributed by atoms with E-state index in [2.05, 4.69) is 30.4 Å². The minimum absolute atomic E-state index is 0.0603. The second-order valence-electron chi connectivity index (χ2n) is 5.59. The molecule has 0 aliphatic carbocycles. The Bertz CT molecular complexity index is 1080. The van der Waals surface area contributed by atoms with Crippen LogP contribution in [0.25, 0.3) is 0 Å². The molecule has 0 bridgehead atoms. The number of rotatable bonds is 7. The summed E-state index contributed by atoms with van der Waals surface area (Å²) in [5, 5.41) is 19.5. The highest BCUT2D eigenvalue weighted by Gasteiger charge is 2.19. The van der Waals surface area contributed by atoms with Crippen molar-refractivity contribution in [1.29, 1.82) is 0 Å². The van der Waals surface area contributed by atoms with Crippen LogP contribution in [0.3, 0.4) is 0 Å². The molecule has 1 unspecified atom stereocenters. The summed E-state index contributed by atoms with van der Waals surface area (Å²) in [6.45, 7) is 5.35. The van der Waals surface area contributed by atoms with Crippen LogP contribution in [0.4, 0.5) is 10.8 Å². The van der Waals surface area contributed by atoms with E-state index in [0.717, 1.165) is 20.7 Å².